The second kappa shape index (κ2) is 7.94. The van der Waals surface area contributed by atoms with E-state index in [-0.39, 0.29) is 18.8 Å². The Labute approximate surface area is 106 Å². The Morgan fingerprint density at radius 3 is 2.44 bits per heavy atom. The average Bonchev–Trinajstić information content (AvgIpc) is 2.38. The van der Waals surface area contributed by atoms with Crippen molar-refractivity contribution >= 4 is 5.78 Å². The average molecular weight is 254 g/mol. The van der Waals surface area contributed by atoms with Crippen molar-refractivity contribution in [3.63, 3.8) is 0 Å². The summed E-state index contributed by atoms with van der Waals surface area (Å²) < 4.78 is 5.19. The van der Waals surface area contributed by atoms with Crippen LogP contribution in [0.5, 0.6) is 0 Å². The number of hydrogen-bond acceptors (Lipinski definition) is 5. The zero-order chi connectivity index (χ0) is 13.4. The van der Waals surface area contributed by atoms with Gasteiger partial charge in [-0.25, -0.2) is 0 Å². The lowest BCUT2D eigenvalue weighted by atomic mass is 10.1. The summed E-state index contributed by atoms with van der Waals surface area (Å²) in [5, 5.41) is 27.0. The van der Waals surface area contributed by atoms with Crippen molar-refractivity contribution in [2.45, 2.75) is 25.2 Å². The SMILES string of the molecule is O=C(COCc1ccccc1)C[C@@H](O)[C@H](O)CO. The van der Waals surface area contributed by atoms with Crippen LogP contribution in [0.2, 0.25) is 0 Å². The van der Waals surface area contributed by atoms with Gasteiger partial charge in [-0.15, -0.1) is 0 Å². The summed E-state index contributed by atoms with van der Waals surface area (Å²) in [5.41, 5.74) is 0.959. The maximum Gasteiger partial charge on any atom is 0.161 e. The molecule has 0 aromatic heterocycles. The number of carbonyl (C=O) groups excluding carboxylic acids is 1. The summed E-state index contributed by atoms with van der Waals surface area (Å²) in [7, 11) is 0. The highest BCUT2D eigenvalue weighted by Gasteiger charge is 2.18. The van der Waals surface area contributed by atoms with E-state index in [0.29, 0.717) is 6.61 Å². The molecule has 0 fully saturated rings. The van der Waals surface area contributed by atoms with Gasteiger partial charge in [-0.05, 0) is 5.56 Å². The zero-order valence-electron chi connectivity index (χ0n) is 10.0. The number of aliphatic hydroxyl groups is 3. The van der Waals surface area contributed by atoms with Crippen molar-refractivity contribution in [2.24, 2.45) is 0 Å². The molecule has 100 valence electrons. The molecule has 1 aromatic rings. The van der Waals surface area contributed by atoms with Gasteiger partial charge >= 0.3 is 0 Å². The molecule has 1 rings (SSSR count). The van der Waals surface area contributed by atoms with Crippen molar-refractivity contribution in [1.82, 2.24) is 0 Å². The number of hydrogen-bond donors (Lipinski definition) is 3. The number of benzene rings is 1. The largest absolute Gasteiger partial charge is 0.394 e. The van der Waals surface area contributed by atoms with E-state index in [1.807, 2.05) is 30.3 Å². The number of ketones is 1. The van der Waals surface area contributed by atoms with Gasteiger partial charge in [0.1, 0.15) is 12.7 Å². The highest BCUT2D eigenvalue weighted by molar-refractivity contribution is 5.80. The van der Waals surface area contributed by atoms with Crippen LogP contribution in [0.3, 0.4) is 0 Å². The van der Waals surface area contributed by atoms with E-state index in [2.05, 4.69) is 0 Å². The molecule has 5 nitrogen and oxygen atoms in total. The first-order chi connectivity index (χ1) is 8.63. The summed E-state index contributed by atoms with van der Waals surface area (Å²) in [5.74, 6) is -0.314. The first kappa shape index (κ1) is 14.8. The number of aliphatic hydroxyl groups excluding tert-OH is 3. The van der Waals surface area contributed by atoms with Crippen LogP contribution >= 0.6 is 0 Å². The van der Waals surface area contributed by atoms with E-state index >= 15 is 0 Å². The molecule has 0 unspecified atom stereocenters. The summed E-state index contributed by atoms with van der Waals surface area (Å²) >= 11 is 0. The van der Waals surface area contributed by atoms with Crippen molar-refractivity contribution in [3.05, 3.63) is 35.9 Å². The maximum atomic E-state index is 11.4. The van der Waals surface area contributed by atoms with Crippen LogP contribution in [0.15, 0.2) is 30.3 Å². The highest BCUT2D eigenvalue weighted by Crippen LogP contribution is 2.03. The lowest BCUT2D eigenvalue weighted by molar-refractivity contribution is -0.128. The van der Waals surface area contributed by atoms with Crippen molar-refractivity contribution in [2.75, 3.05) is 13.2 Å². The number of rotatable bonds is 8. The predicted molar refractivity (Wildman–Crippen MR) is 64.8 cm³/mol. The molecule has 1 aromatic carbocycles. The van der Waals surface area contributed by atoms with Gasteiger partial charge in [0.05, 0.1) is 19.3 Å². The molecule has 0 saturated carbocycles. The molecule has 0 heterocycles. The van der Waals surface area contributed by atoms with E-state index in [4.69, 9.17) is 14.9 Å². The van der Waals surface area contributed by atoms with Gasteiger partial charge in [-0.1, -0.05) is 30.3 Å². The topological polar surface area (TPSA) is 87.0 Å². The molecule has 0 amide bonds. The van der Waals surface area contributed by atoms with E-state index in [1.165, 1.54) is 0 Å². The molecule has 0 aliphatic rings. The first-order valence-electron chi connectivity index (χ1n) is 5.74. The van der Waals surface area contributed by atoms with E-state index in [0.717, 1.165) is 5.56 Å². The smallest absolute Gasteiger partial charge is 0.161 e. The molecular weight excluding hydrogens is 236 g/mol. The van der Waals surface area contributed by atoms with Crippen LogP contribution in [-0.2, 0) is 16.1 Å². The zero-order valence-corrected chi connectivity index (χ0v) is 10.0. The van der Waals surface area contributed by atoms with Crippen LogP contribution in [0.4, 0.5) is 0 Å². The Morgan fingerprint density at radius 1 is 1.17 bits per heavy atom. The van der Waals surface area contributed by atoms with Crippen LogP contribution in [0.25, 0.3) is 0 Å². The fourth-order valence-corrected chi connectivity index (χ4v) is 1.41. The molecule has 0 aliphatic heterocycles. The predicted octanol–water partition coefficient (Wildman–Crippen LogP) is -0.123. The lowest BCUT2D eigenvalue weighted by Crippen LogP contribution is -2.32. The van der Waals surface area contributed by atoms with Gasteiger partial charge < -0.3 is 20.1 Å². The standard InChI is InChI=1S/C13H18O5/c14-7-13(17)12(16)6-11(15)9-18-8-10-4-2-1-3-5-10/h1-5,12-14,16-17H,6-9H2/t12-,13-/m1/s1. The maximum absolute atomic E-state index is 11.4. The third kappa shape index (κ3) is 5.37. The molecule has 5 heteroatoms. The number of ether oxygens (including phenoxy) is 1. The Balaban J connectivity index is 2.21. The van der Waals surface area contributed by atoms with E-state index in [9.17, 15) is 9.90 Å². The lowest BCUT2D eigenvalue weighted by Gasteiger charge is -2.14. The van der Waals surface area contributed by atoms with Gasteiger partial charge in [0, 0.05) is 6.42 Å². The van der Waals surface area contributed by atoms with Gasteiger partial charge in [-0.2, -0.15) is 0 Å². The van der Waals surface area contributed by atoms with Crippen LogP contribution < -0.4 is 0 Å². The molecule has 0 radical (unpaired) electrons. The second-order valence-electron chi connectivity index (χ2n) is 4.04. The molecule has 3 N–H and O–H groups in total. The Bertz CT molecular complexity index is 352. The number of carbonyl (C=O) groups is 1. The Kier molecular flexibility index (Phi) is 6.53. The molecule has 2 atom stereocenters. The Morgan fingerprint density at radius 2 is 1.83 bits per heavy atom. The minimum absolute atomic E-state index is 0.121. The number of Topliss-reactive ketones (excluding diaryl/α,β-unsaturated/α-hetero) is 1. The second-order valence-corrected chi connectivity index (χ2v) is 4.04. The summed E-state index contributed by atoms with van der Waals surface area (Å²) in [6.45, 7) is -0.366. The van der Waals surface area contributed by atoms with Gasteiger partial charge in [0.25, 0.3) is 0 Å². The summed E-state index contributed by atoms with van der Waals surface area (Å²) in [6.07, 6.45) is -2.76. The Hall–Kier alpha value is -1.27. The van der Waals surface area contributed by atoms with E-state index < -0.39 is 18.8 Å². The third-order valence-corrected chi connectivity index (χ3v) is 2.44. The molecular formula is C13H18O5. The summed E-state index contributed by atoms with van der Waals surface area (Å²) in [4.78, 5) is 11.4. The van der Waals surface area contributed by atoms with Crippen LogP contribution in [0.1, 0.15) is 12.0 Å². The van der Waals surface area contributed by atoms with Crippen molar-refractivity contribution in [1.29, 1.82) is 0 Å². The molecule has 18 heavy (non-hydrogen) atoms. The van der Waals surface area contributed by atoms with Gasteiger partial charge in [0.15, 0.2) is 5.78 Å². The summed E-state index contributed by atoms with van der Waals surface area (Å²) in [6, 6.07) is 9.41. The van der Waals surface area contributed by atoms with Gasteiger partial charge in [0.2, 0.25) is 0 Å². The minimum Gasteiger partial charge on any atom is -0.394 e. The van der Waals surface area contributed by atoms with Crippen molar-refractivity contribution in [3.8, 4) is 0 Å². The van der Waals surface area contributed by atoms with Crippen LogP contribution in [-0.4, -0.2) is 46.5 Å². The quantitative estimate of drug-likeness (QED) is 0.602. The fraction of sp³-hybridized carbons (Fsp3) is 0.462. The van der Waals surface area contributed by atoms with E-state index in [1.54, 1.807) is 0 Å². The molecule has 0 aliphatic carbocycles. The normalized spacial score (nSPS) is 14.2. The minimum atomic E-state index is -1.29. The highest BCUT2D eigenvalue weighted by atomic mass is 16.5. The molecule has 0 saturated heterocycles. The molecule has 0 spiro atoms. The van der Waals surface area contributed by atoms with Crippen molar-refractivity contribution < 1.29 is 24.9 Å². The fourth-order valence-electron chi connectivity index (χ4n) is 1.41. The first-order valence-corrected chi connectivity index (χ1v) is 5.74. The van der Waals surface area contributed by atoms with Gasteiger partial charge in [-0.3, -0.25) is 4.79 Å². The molecule has 0 bridgehead atoms. The monoisotopic (exact) mass is 254 g/mol. The van der Waals surface area contributed by atoms with Crippen LogP contribution in [0, 0.1) is 0 Å². The third-order valence-electron chi connectivity index (χ3n) is 2.44.